The zero-order chi connectivity index (χ0) is 25.3. The first-order valence-electron chi connectivity index (χ1n) is 9.88. The highest BCUT2D eigenvalue weighted by atomic mass is 127. The monoisotopic (exact) mass is 733 g/mol. The van der Waals surface area contributed by atoms with Crippen LogP contribution in [0.15, 0.2) is 29.1 Å². The Bertz CT molecular complexity index is 1380. The second-order valence-corrected chi connectivity index (χ2v) is 10.7. The normalized spacial score (nSPS) is 13.5. The number of non-ortho nitro benzene ring substituents is 1. The second kappa shape index (κ2) is 10.5. The molecule has 3 aromatic rings. The average Bonchev–Trinajstić information content (AvgIpc) is 2.81. The van der Waals surface area contributed by atoms with E-state index < -0.39 is 33.3 Å². The molecule has 0 unspecified atom stereocenters. The topological polar surface area (TPSA) is 94.8 Å². The highest BCUT2D eigenvalue weighted by Gasteiger charge is 2.34. The number of anilines is 1. The molecule has 1 aliphatic heterocycles. The number of nitro benzene ring substituents is 1. The number of nitrogens with zero attached hydrogens (tertiary/aromatic N) is 3. The third-order valence-electron chi connectivity index (χ3n) is 5.26. The summed E-state index contributed by atoms with van der Waals surface area (Å²) in [6.45, 7) is 0.808. The van der Waals surface area contributed by atoms with Crippen LogP contribution in [0.25, 0.3) is 10.1 Å². The van der Waals surface area contributed by atoms with Gasteiger partial charge in [0.1, 0.15) is 13.9 Å². The zero-order valence-electron chi connectivity index (χ0n) is 17.7. The lowest BCUT2D eigenvalue weighted by molar-refractivity contribution is -0.383. The third kappa shape index (κ3) is 5.52. The van der Waals surface area contributed by atoms with Crippen molar-refractivity contribution in [2.45, 2.75) is 19.1 Å². The van der Waals surface area contributed by atoms with Gasteiger partial charge in [-0.1, -0.05) is 36.6 Å². The van der Waals surface area contributed by atoms with Crippen molar-refractivity contribution in [2.24, 2.45) is 0 Å². The van der Waals surface area contributed by atoms with E-state index in [0.717, 1.165) is 22.5 Å². The minimum absolute atomic E-state index is 0.141. The van der Waals surface area contributed by atoms with E-state index >= 15 is 0 Å². The van der Waals surface area contributed by atoms with Crippen LogP contribution in [0, 0.1) is 10.1 Å². The zero-order valence-corrected chi connectivity index (χ0v) is 22.9. The molecular weight excluding hydrogens is 717 g/mol. The maximum Gasteiger partial charge on any atom is 0.416 e. The SMILES string of the molecule is C=ICOc1cc2c(cc1OCI)CCN(c1nc(=O)c3cc(C(F)(F)F)cc([N+](=O)[O-])c3s1)C2. The molecule has 35 heavy (non-hydrogen) atoms. The quantitative estimate of drug-likeness (QED) is 0.134. The number of hydrogen-bond donors (Lipinski definition) is 0. The van der Waals surface area contributed by atoms with Gasteiger partial charge in [0.25, 0.3) is 11.2 Å². The Balaban J connectivity index is 1.76. The lowest BCUT2D eigenvalue weighted by Crippen LogP contribution is -2.31. The summed E-state index contributed by atoms with van der Waals surface area (Å²) in [5.41, 5.74) is -1.03. The lowest BCUT2D eigenvalue weighted by atomic mass is 9.99. The molecule has 14 heteroatoms. The number of fused-ring (bicyclic) bond motifs is 2. The van der Waals surface area contributed by atoms with Gasteiger partial charge >= 0.3 is 6.18 Å². The molecule has 0 spiro atoms. The molecule has 0 atom stereocenters. The van der Waals surface area contributed by atoms with Gasteiger partial charge in [-0.25, -0.2) is 0 Å². The predicted octanol–water partition coefficient (Wildman–Crippen LogP) is 5.66. The van der Waals surface area contributed by atoms with Crippen LogP contribution in [0.1, 0.15) is 16.7 Å². The van der Waals surface area contributed by atoms with Crippen LogP contribution in [0.5, 0.6) is 11.5 Å². The Labute approximate surface area is 224 Å². The van der Waals surface area contributed by atoms with Gasteiger partial charge < -0.3 is 14.4 Å². The van der Waals surface area contributed by atoms with Gasteiger partial charge in [-0.15, -0.1) is 0 Å². The minimum atomic E-state index is -4.83. The molecule has 8 nitrogen and oxygen atoms in total. The fraction of sp³-hybridized carbons (Fsp3) is 0.286. The largest absolute Gasteiger partial charge is 0.480 e. The summed E-state index contributed by atoms with van der Waals surface area (Å²) in [7, 11) is 0. The van der Waals surface area contributed by atoms with Crippen LogP contribution in [0.2, 0.25) is 0 Å². The Morgan fingerprint density at radius 2 is 1.94 bits per heavy atom. The van der Waals surface area contributed by atoms with Crippen LogP contribution in [-0.2, 0) is 19.1 Å². The summed E-state index contributed by atoms with van der Waals surface area (Å²) in [6, 6.07) is 4.86. The molecule has 0 aliphatic carbocycles. The van der Waals surface area contributed by atoms with Gasteiger partial charge in [-0.2, -0.15) is 18.2 Å². The first kappa shape index (κ1) is 26.0. The van der Waals surface area contributed by atoms with E-state index in [2.05, 4.69) is 32.1 Å². The minimum Gasteiger partial charge on any atom is -0.480 e. The fourth-order valence-electron chi connectivity index (χ4n) is 3.68. The molecule has 1 aliphatic rings. The lowest BCUT2D eigenvalue weighted by Gasteiger charge is -2.30. The summed E-state index contributed by atoms with van der Waals surface area (Å²) in [5.74, 6) is 1.22. The Morgan fingerprint density at radius 1 is 1.23 bits per heavy atom. The average molecular weight is 733 g/mol. The molecule has 186 valence electrons. The second-order valence-electron chi connectivity index (χ2n) is 7.36. The highest BCUT2D eigenvalue weighted by Crippen LogP contribution is 2.40. The summed E-state index contributed by atoms with van der Waals surface area (Å²) >= 11 is 2.58. The summed E-state index contributed by atoms with van der Waals surface area (Å²) < 4.78 is 55.8. The van der Waals surface area contributed by atoms with E-state index in [-0.39, 0.29) is 30.6 Å². The fourth-order valence-corrected chi connectivity index (χ4v) is 5.67. The number of alkyl halides is 5. The molecule has 1 aromatic heterocycles. The Hall–Kier alpha value is -2.08. The molecule has 0 amide bonds. The van der Waals surface area contributed by atoms with Crippen molar-refractivity contribution in [2.75, 3.05) is 20.7 Å². The van der Waals surface area contributed by atoms with Crippen molar-refractivity contribution < 1.29 is 27.6 Å². The molecule has 0 N–H and O–H groups in total. The molecule has 0 saturated carbocycles. The molecular formula is C21H16F3I2N3O5S. The van der Waals surface area contributed by atoms with Crippen LogP contribution in [0.4, 0.5) is 24.0 Å². The van der Waals surface area contributed by atoms with Crippen molar-refractivity contribution >= 4 is 80.1 Å². The van der Waals surface area contributed by atoms with E-state index in [1.54, 1.807) is 4.90 Å². The number of halogens is 5. The maximum atomic E-state index is 13.2. The molecule has 0 bridgehead atoms. The van der Waals surface area contributed by atoms with Gasteiger partial charge in [0.05, 0.1) is 15.9 Å². The summed E-state index contributed by atoms with van der Waals surface area (Å²) in [4.78, 5) is 29.1. The van der Waals surface area contributed by atoms with Crippen molar-refractivity contribution in [1.82, 2.24) is 4.98 Å². The van der Waals surface area contributed by atoms with E-state index in [1.165, 1.54) is 0 Å². The van der Waals surface area contributed by atoms with Crippen molar-refractivity contribution in [1.29, 1.82) is 0 Å². The number of hydrogen-bond acceptors (Lipinski definition) is 8. The molecule has 0 saturated heterocycles. The highest BCUT2D eigenvalue weighted by molar-refractivity contribution is 14.2. The van der Waals surface area contributed by atoms with Crippen LogP contribution >= 0.6 is 54.7 Å². The van der Waals surface area contributed by atoms with Gasteiger partial charge in [-0.3, -0.25) is 14.9 Å². The molecule has 0 fully saturated rings. The number of aromatic nitrogens is 1. The maximum absolute atomic E-state index is 13.2. The molecule has 4 rings (SSSR count). The smallest absolute Gasteiger partial charge is 0.416 e. The number of nitro groups is 1. The van der Waals surface area contributed by atoms with Crippen molar-refractivity contribution in [3.8, 4) is 11.5 Å². The Morgan fingerprint density at radius 3 is 2.60 bits per heavy atom. The van der Waals surface area contributed by atoms with E-state index in [1.807, 2.05) is 12.1 Å². The summed E-state index contributed by atoms with van der Waals surface area (Å²) in [6.07, 6.45) is -4.24. The molecule has 0 radical (unpaired) electrons. The molecule has 2 aromatic carbocycles. The predicted molar refractivity (Wildman–Crippen MR) is 145 cm³/mol. The first-order chi connectivity index (χ1) is 16.6. The van der Waals surface area contributed by atoms with Gasteiger partial charge in [0, 0.05) is 19.2 Å². The van der Waals surface area contributed by atoms with E-state index in [4.69, 9.17) is 9.47 Å². The van der Waals surface area contributed by atoms with Gasteiger partial charge in [0.15, 0.2) is 16.6 Å². The van der Waals surface area contributed by atoms with E-state index in [9.17, 15) is 28.1 Å². The third-order valence-corrected chi connectivity index (χ3v) is 7.49. The van der Waals surface area contributed by atoms with E-state index in [0.29, 0.717) is 52.4 Å². The molecule has 2 heterocycles. The van der Waals surface area contributed by atoms with Crippen LogP contribution in [-0.4, -0.2) is 30.2 Å². The van der Waals surface area contributed by atoms with Crippen molar-refractivity contribution in [3.63, 3.8) is 0 Å². The Kier molecular flexibility index (Phi) is 7.80. The summed E-state index contributed by atoms with van der Waals surface area (Å²) in [5, 5.41) is 11.3. The van der Waals surface area contributed by atoms with Crippen LogP contribution < -0.4 is 19.9 Å². The number of benzene rings is 2. The standard InChI is InChI=1S/C21H16F3I2N3O5S/c1-26-10-34-17-5-12-8-28(3-2-11(12)4-16(17)33-9-25)20-27-19(30)14-6-13(21(22,23)24)7-15(29(31)32)18(14)35-20/h4-7H,1-3,8-10H2. The van der Waals surface area contributed by atoms with Gasteiger partial charge in [-0.05, 0) is 58.3 Å². The van der Waals surface area contributed by atoms with Crippen molar-refractivity contribution in [3.05, 3.63) is 61.4 Å². The number of ether oxygens (including phenoxy) is 2. The van der Waals surface area contributed by atoms with Gasteiger partial charge in [0.2, 0.25) is 0 Å². The number of rotatable bonds is 7. The van der Waals surface area contributed by atoms with Crippen LogP contribution in [0.3, 0.4) is 0 Å². The first-order valence-corrected chi connectivity index (χ1v) is 15.3.